The Kier molecular flexibility index (Phi) is 4.99. The van der Waals surface area contributed by atoms with Gasteiger partial charge in [-0.3, -0.25) is 0 Å². The Bertz CT molecular complexity index is 525. The van der Waals surface area contributed by atoms with Crippen LogP contribution in [0.1, 0.15) is 22.3 Å². The zero-order valence-corrected chi connectivity index (χ0v) is 13.6. The van der Waals surface area contributed by atoms with Crippen molar-refractivity contribution in [1.29, 1.82) is 0 Å². The van der Waals surface area contributed by atoms with E-state index < -0.39 is 0 Å². The molecule has 0 saturated carbocycles. The summed E-state index contributed by atoms with van der Waals surface area (Å²) in [5.74, 6) is 0. The maximum absolute atomic E-state index is 6.27. The van der Waals surface area contributed by atoms with Crippen LogP contribution in [0.4, 0.5) is 0 Å². The monoisotopic (exact) mass is 365 g/mol. The zero-order valence-electron chi connectivity index (χ0n) is 11.5. The Labute approximate surface area is 129 Å². The lowest BCUT2D eigenvalue weighted by molar-refractivity contribution is 0.664. The van der Waals surface area contributed by atoms with Crippen LogP contribution in [0.5, 0.6) is 0 Å². The van der Waals surface area contributed by atoms with Crippen LogP contribution in [0, 0.1) is 17.4 Å². The van der Waals surface area contributed by atoms with Crippen molar-refractivity contribution in [1.82, 2.24) is 0 Å². The standard InChI is InChI=1S/C17H20IN/c1-12-7-13(2)9-15(8-12)11-17(19)10-14-3-5-16(18)6-4-14/h3-9,17H,10-11,19H2,1-2H3. The first-order valence-electron chi connectivity index (χ1n) is 6.60. The maximum Gasteiger partial charge on any atom is 0.0130 e. The summed E-state index contributed by atoms with van der Waals surface area (Å²) in [7, 11) is 0. The molecule has 19 heavy (non-hydrogen) atoms. The minimum absolute atomic E-state index is 0.182. The molecule has 2 N–H and O–H groups in total. The van der Waals surface area contributed by atoms with E-state index in [1.165, 1.54) is 25.8 Å². The van der Waals surface area contributed by atoms with Gasteiger partial charge in [0, 0.05) is 9.61 Å². The SMILES string of the molecule is Cc1cc(C)cc(CC(N)Cc2ccc(I)cc2)c1. The van der Waals surface area contributed by atoms with Gasteiger partial charge in [-0.05, 0) is 72.5 Å². The van der Waals surface area contributed by atoms with Gasteiger partial charge in [0.1, 0.15) is 0 Å². The molecule has 0 aliphatic heterocycles. The van der Waals surface area contributed by atoms with Crippen molar-refractivity contribution in [3.8, 4) is 0 Å². The van der Waals surface area contributed by atoms with Crippen molar-refractivity contribution >= 4 is 22.6 Å². The fourth-order valence-electron chi connectivity index (χ4n) is 2.48. The molecule has 0 fully saturated rings. The molecule has 100 valence electrons. The molecule has 0 aromatic heterocycles. The van der Waals surface area contributed by atoms with Crippen molar-refractivity contribution in [2.24, 2.45) is 5.73 Å². The first-order valence-corrected chi connectivity index (χ1v) is 7.68. The second-order valence-electron chi connectivity index (χ2n) is 5.29. The molecule has 0 aliphatic rings. The van der Waals surface area contributed by atoms with E-state index in [2.05, 4.69) is 78.9 Å². The molecule has 0 aliphatic carbocycles. The van der Waals surface area contributed by atoms with E-state index in [4.69, 9.17) is 5.73 Å². The van der Waals surface area contributed by atoms with Crippen LogP contribution in [-0.2, 0) is 12.8 Å². The highest BCUT2D eigenvalue weighted by molar-refractivity contribution is 14.1. The van der Waals surface area contributed by atoms with Gasteiger partial charge in [0.25, 0.3) is 0 Å². The first kappa shape index (κ1) is 14.5. The Morgan fingerprint density at radius 3 is 2.00 bits per heavy atom. The van der Waals surface area contributed by atoms with Gasteiger partial charge in [-0.1, -0.05) is 41.5 Å². The lowest BCUT2D eigenvalue weighted by atomic mass is 9.97. The second-order valence-corrected chi connectivity index (χ2v) is 6.54. The molecular weight excluding hydrogens is 345 g/mol. The van der Waals surface area contributed by atoms with Crippen molar-refractivity contribution in [3.05, 3.63) is 68.3 Å². The summed E-state index contributed by atoms with van der Waals surface area (Å²) >= 11 is 2.32. The van der Waals surface area contributed by atoms with Gasteiger partial charge >= 0.3 is 0 Å². The van der Waals surface area contributed by atoms with E-state index in [1.54, 1.807) is 0 Å². The van der Waals surface area contributed by atoms with E-state index >= 15 is 0 Å². The predicted molar refractivity (Wildman–Crippen MR) is 90.5 cm³/mol. The smallest absolute Gasteiger partial charge is 0.0130 e. The van der Waals surface area contributed by atoms with Crippen molar-refractivity contribution in [2.75, 3.05) is 0 Å². The van der Waals surface area contributed by atoms with Gasteiger partial charge in [0.2, 0.25) is 0 Å². The molecule has 2 aromatic rings. The number of nitrogens with two attached hydrogens (primary N) is 1. The van der Waals surface area contributed by atoms with E-state index in [1.807, 2.05) is 0 Å². The fourth-order valence-corrected chi connectivity index (χ4v) is 2.84. The first-order chi connectivity index (χ1) is 9.02. The predicted octanol–water partition coefficient (Wildman–Crippen LogP) is 4.02. The quantitative estimate of drug-likeness (QED) is 0.814. The summed E-state index contributed by atoms with van der Waals surface area (Å²) in [6.45, 7) is 4.28. The lowest BCUT2D eigenvalue weighted by Gasteiger charge is -2.13. The summed E-state index contributed by atoms with van der Waals surface area (Å²) in [4.78, 5) is 0. The summed E-state index contributed by atoms with van der Waals surface area (Å²) in [6.07, 6.45) is 1.87. The molecule has 0 spiro atoms. The summed E-state index contributed by atoms with van der Waals surface area (Å²) < 4.78 is 1.27. The highest BCUT2D eigenvalue weighted by Gasteiger charge is 2.06. The molecule has 0 bridgehead atoms. The lowest BCUT2D eigenvalue weighted by Crippen LogP contribution is -2.25. The molecule has 2 rings (SSSR count). The minimum atomic E-state index is 0.182. The normalized spacial score (nSPS) is 12.4. The van der Waals surface area contributed by atoms with Crippen LogP contribution in [0.2, 0.25) is 0 Å². The summed E-state index contributed by atoms with van der Waals surface area (Å²) in [5.41, 5.74) is 11.6. The molecule has 0 radical (unpaired) electrons. The number of hydrogen-bond donors (Lipinski definition) is 1. The van der Waals surface area contributed by atoms with E-state index in [0.717, 1.165) is 12.8 Å². The third-order valence-electron chi connectivity index (χ3n) is 3.19. The van der Waals surface area contributed by atoms with Crippen LogP contribution in [0.3, 0.4) is 0 Å². The number of halogens is 1. The van der Waals surface area contributed by atoms with E-state index in [-0.39, 0.29) is 6.04 Å². The van der Waals surface area contributed by atoms with Gasteiger partial charge < -0.3 is 5.73 Å². The van der Waals surface area contributed by atoms with Crippen LogP contribution in [0.15, 0.2) is 42.5 Å². The zero-order chi connectivity index (χ0) is 13.8. The fraction of sp³-hybridized carbons (Fsp3) is 0.294. The maximum atomic E-state index is 6.27. The average molecular weight is 365 g/mol. The molecule has 2 heteroatoms. The topological polar surface area (TPSA) is 26.0 Å². The number of aryl methyl sites for hydroxylation is 2. The Hall–Kier alpha value is -0.870. The molecule has 0 saturated heterocycles. The Morgan fingerprint density at radius 2 is 1.42 bits per heavy atom. The average Bonchev–Trinajstić information content (AvgIpc) is 2.30. The number of rotatable bonds is 4. The number of benzene rings is 2. The van der Waals surface area contributed by atoms with Gasteiger partial charge in [0.05, 0.1) is 0 Å². The summed E-state index contributed by atoms with van der Waals surface area (Å²) in [6, 6.07) is 15.5. The van der Waals surface area contributed by atoms with Gasteiger partial charge in [-0.2, -0.15) is 0 Å². The molecule has 0 heterocycles. The number of hydrogen-bond acceptors (Lipinski definition) is 1. The second kappa shape index (κ2) is 6.53. The van der Waals surface area contributed by atoms with E-state index in [0.29, 0.717) is 0 Å². The molecule has 1 atom stereocenters. The highest BCUT2D eigenvalue weighted by Crippen LogP contribution is 2.13. The molecule has 1 unspecified atom stereocenters. The van der Waals surface area contributed by atoms with Gasteiger partial charge in [-0.15, -0.1) is 0 Å². The third-order valence-corrected chi connectivity index (χ3v) is 3.91. The third kappa shape index (κ3) is 4.62. The Balaban J connectivity index is 2.00. The minimum Gasteiger partial charge on any atom is -0.327 e. The molecule has 0 amide bonds. The van der Waals surface area contributed by atoms with Crippen LogP contribution >= 0.6 is 22.6 Å². The molecule has 1 nitrogen and oxygen atoms in total. The summed E-state index contributed by atoms with van der Waals surface area (Å²) in [5, 5.41) is 0. The van der Waals surface area contributed by atoms with Crippen LogP contribution in [0.25, 0.3) is 0 Å². The molecule has 2 aromatic carbocycles. The van der Waals surface area contributed by atoms with Gasteiger partial charge in [0.15, 0.2) is 0 Å². The van der Waals surface area contributed by atoms with Crippen molar-refractivity contribution in [3.63, 3.8) is 0 Å². The van der Waals surface area contributed by atoms with E-state index in [9.17, 15) is 0 Å². The van der Waals surface area contributed by atoms with Gasteiger partial charge in [-0.25, -0.2) is 0 Å². The van der Waals surface area contributed by atoms with Crippen molar-refractivity contribution in [2.45, 2.75) is 32.7 Å². The van der Waals surface area contributed by atoms with Crippen molar-refractivity contribution < 1.29 is 0 Å². The highest BCUT2D eigenvalue weighted by atomic mass is 127. The van der Waals surface area contributed by atoms with Crippen LogP contribution in [-0.4, -0.2) is 6.04 Å². The van der Waals surface area contributed by atoms with Crippen LogP contribution < -0.4 is 5.73 Å². The molecular formula is C17H20IN. The Morgan fingerprint density at radius 1 is 0.895 bits per heavy atom. The largest absolute Gasteiger partial charge is 0.327 e.